The van der Waals surface area contributed by atoms with Crippen LogP contribution in [0.2, 0.25) is 0 Å². The van der Waals surface area contributed by atoms with Gasteiger partial charge in [0.05, 0.1) is 73.3 Å². The number of nitrogens with zero attached hydrogens (tertiary/aromatic N) is 1. The molecule has 0 spiro atoms. The van der Waals surface area contributed by atoms with Crippen molar-refractivity contribution in [2.45, 2.75) is 44.2 Å². The standard InChI is InChI=1S/C14H13NO2.C8H8O4S.2C8H8O3S.2C8H8O2S.C4H9O2P.C3H7NO2.C3H4O3.C3H6O2S.C3H6O2.C2H5NO2/c16-14(17)11-15(12-7-3-1-4-8-12)13-9-5-2-6-10-13;9-8(10)6-13(11,12)7-4-2-1-3-5-7;1-12(11)7-5-3-2-4-6(7)8(9)10;9-8(10)6-12(11)7-4-2-1-3-5-7;1-11-7-5-3-2-4-6(7)8(9)10;9-8(10)6-11-7-4-2-1-3-5-7;1-7(2)3-4(5)6;1-4-2-3(5)6;4-2-1-3(5)6;1-6-2-3(4)5;1-2-3(4)5;3-1-2(4)5/h1-10H,11H2,(H,16,17);1-5H,6H2,(H,9,10);2-5H,1H3,(H,9,10);1-5H,6H2,(H,9,10);2-5H,1H3,(H,9,10);1-5H,6H2,(H,9,10);3H2,1-2H3,(H,5,6);4H,2H2,1H3,(H,5,6);2H,1H2,(H,5,6);2H2,1H3,(H,4,5);2H2,1H3,(H,4,5);1,3H2,(H,4,5). The number of hydrogen-bond donors (Lipinski definition) is 14. The van der Waals surface area contributed by atoms with E-state index >= 15 is 0 Å². The number of thioether (sulfide) groups is 3. The largest absolute Gasteiger partial charge is 0.481 e. The number of nitrogens with two attached hydrogens (primary N) is 1. The Hall–Kier alpha value is -10.7. The highest BCUT2D eigenvalue weighted by molar-refractivity contribution is 8.00. The number of hydrogen-bond acceptors (Lipinski definition) is 23. The molecule has 7 rings (SSSR count). The maximum absolute atomic E-state index is 11.3. The lowest BCUT2D eigenvalue weighted by atomic mass is 10.2. The number of carboxylic acid groups (broad SMARTS) is 12. The summed E-state index contributed by atoms with van der Waals surface area (Å²) in [7, 11) is -4.96. The summed E-state index contributed by atoms with van der Waals surface area (Å²) in [6, 6.07) is 57.8. The SMILES string of the molecule is CCC(=O)O.CNCC(=O)O.CP(C)CC(=O)O.CS(=O)c1ccccc1C(=O)O.CSCC(=O)O.CSc1ccccc1C(=O)O.NCC(=O)O.O=C(O)CN(c1ccccc1)c1ccccc1.O=C(O)CS(=O)(=O)c1ccccc1.O=C(O)CS(=O)c1ccccc1.O=C(O)CSc1ccccc1.O=CCC(=O)O. The maximum Gasteiger partial charge on any atom is 0.336 e. The fraction of sp³-hybridized carbons (Fsp3) is 0.236. The van der Waals surface area contributed by atoms with Crippen molar-refractivity contribution in [3.63, 3.8) is 0 Å². The Kier molecular flexibility index (Phi) is 67.3. The third kappa shape index (κ3) is 67.2. The summed E-state index contributed by atoms with van der Waals surface area (Å²) < 4.78 is 44.7. The molecule has 2 unspecified atom stereocenters. The van der Waals surface area contributed by atoms with Crippen molar-refractivity contribution in [1.82, 2.24) is 5.32 Å². The van der Waals surface area contributed by atoms with Crippen LogP contribution in [0.15, 0.2) is 225 Å². The number of likely N-dealkylation sites (N-methyl/N-ethyl adjacent to an activating group) is 1. The van der Waals surface area contributed by atoms with Gasteiger partial charge in [0.15, 0.2) is 15.6 Å². The fourth-order valence-corrected chi connectivity index (χ4v) is 11.0. The fourth-order valence-electron chi connectivity index (χ4n) is 6.32. The molecule has 0 heterocycles. The van der Waals surface area contributed by atoms with Crippen LogP contribution in [0.5, 0.6) is 0 Å². The lowest BCUT2D eigenvalue weighted by Gasteiger charge is -2.22. The van der Waals surface area contributed by atoms with Crippen molar-refractivity contribution in [2.24, 2.45) is 5.73 Å². The number of carboxylic acids is 12. The van der Waals surface area contributed by atoms with E-state index in [0.717, 1.165) is 21.2 Å². The second-order valence-electron chi connectivity index (χ2n) is 20.1. The lowest BCUT2D eigenvalue weighted by Crippen LogP contribution is -2.24. The maximum atomic E-state index is 11.3. The zero-order valence-corrected chi connectivity index (χ0v) is 66.7. The number of carbonyl (C=O) groups excluding carboxylic acids is 1. The summed E-state index contributed by atoms with van der Waals surface area (Å²) in [4.78, 5) is 133. The van der Waals surface area contributed by atoms with Gasteiger partial charge in [0, 0.05) is 38.7 Å². The first-order chi connectivity index (χ1) is 52.1. The number of anilines is 2. The molecule has 0 aromatic heterocycles. The van der Waals surface area contributed by atoms with E-state index in [-0.39, 0.29) is 68.1 Å². The first-order valence-corrected chi connectivity index (χ1v) is 41.6. The third-order valence-corrected chi connectivity index (χ3v) is 17.9. The average molecular weight is 1680 g/mol. The lowest BCUT2D eigenvalue weighted by molar-refractivity contribution is -0.139. The molecule has 7 aromatic rings. The van der Waals surface area contributed by atoms with Gasteiger partial charge in [-0.15, -0.1) is 31.4 Å². The van der Waals surface area contributed by atoms with Crippen LogP contribution in [0.4, 0.5) is 11.4 Å². The molecule has 32 nitrogen and oxygen atoms in total. The molecule has 608 valence electrons. The Morgan fingerprint density at radius 1 is 0.505 bits per heavy atom. The van der Waals surface area contributed by atoms with Crippen LogP contribution in [0.25, 0.3) is 0 Å². The second-order valence-corrected chi connectivity index (χ2v) is 30.1. The summed E-state index contributed by atoms with van der Waals surface area (Å²) in [6.07, 6.45) is 5.61. The van der Waals surface area contributed by atoms with Crippen LogP contribution in [0.1, 0.15) is 40.5 Å². The number of aromatic carboxylic acids is 2. The highest BCUT2D eigenvalue weighted by Gasteiger charge is 2.18. The zero-order chi connectivity index (χ0) is 85.9. The second kappa shape index (κ2) is 68.6. The van der Waals surface area contributed by atoms with Gasteiger partial charge in [-0.1, -0.05) is 122 Å². The molecule has 0 aliphatic rings. The number of nitrogens with one attached hydrogen (secondary N) is 1. The minimum Gasteiger partial charge on any atom is -0.481 e. The first kappa shape index (κ1) is 109. The molecular weight excluding hydrogens is 1590 g/mol. The summed E-state index contributed by atoms with van der Waals surface area (Å²) in [5.74, 6) is -11.8. The third-order valence-electron chi connectivity index (χ3n) is 10.8. The molecule has 0 saturated carbocycles. The van der Waals surface area contributed by atoms with E-state index in [0.29, 0.717) is 27.8 Å². The van der Waals surface area contributed by atoms with E-state index in [1.54, 1.807) is 110 Å². The van der Waals surface area contributed by atoms with Gasteiger partial charge in [-0.05, 0) is 118 Å². The van der Waals surface area contributed by atoms with E-state index < -0.39 is 109 Å². The molecule has 0 saturated heterocycles. The number of benzene rings is 7. The van der Waals surface area contributed by atoms with Crippen molar-refractivity contribution in [1.29, 1.82) is 0 Å². The molecule has 7 aromatic carbocycles. The summed E-state index contributed by atoms with van der Waals surface area (Å²) in [5.41, 5.74) is 6.81. The summed E-state index contributed by atoms with van der Waals surface area (Å²) in [5, 5.41) is 101. The van der Waals surface area contributed by atoms with Gasteiger partial charge in [0.2, 0.25) is 0 Å². The topological polar surface area (TPSA) is 574 Å². The molecule has 0 aliphatic heterocycles. The van der Waals surface area contributed by atoms with Crippen molar-refractivity contribution in [2.75, 3.05) is 92.9 Å². The van der Waals surface area contributed by atoms with Gasteiger partial charge in [0.25, 0.3) is 0 Å². The highest BCUT2D eigenvalue weighted by Crippen LogP contribution is 2.25. The quantitative estimate of drug-likeness (QED) is 0.00987. The van der Waals surface area contributed by atoms with Crippen LogP contribution in [0.3, 0.4) is 0 Å². The molecule has 0 amide bonds. The van der Waals surface area contributed by atoms with Gasteiger partial charge in [-0.2, -0.15) is 11.8 Å². The van der Waals surface area contributed by atoms with Crippen LogP contribution < -0.4 is 16.0 Å². The van der Waals surface area contributed by atoms with E-state index in [9.17, 15) is 79.2 Å². The minimum atomic E-state index is -3.66. The molecule has 0 fully saturated rings. The number of aliphatic carboxylic acids is 10. The molecule has 39 heteroatoms. The van der Waals surface area contributed by atoms with Gasteiger partial charge in [0.1, 0.15) is 25.0 Å². The first-order valence-electron chi connectivity index (χ1n) is 31.0. The average Bonchev–Trinajstić information content (AvgIpc) is 0.815. The van der Waals surface area contributed by atoms with Crippen molar-refractivity contribution in [3.05, 3.63) is 211 Å². The smallest absolute Gasteiger partial charge is 0.336 e. The molecule has 0 aliphatic carbocycles. The van der Waals surface area contributed by atoms with Gasteiger partial charge < -0.3 is 82.0 Å². The predicted octanol–water partition coefficient (Wildman–Crippen LogP) is 9.13. The van der Waals surface area contributed by atoms with Crippen LogP contribution in [0, 0.1) is 0 Å². The number of para-hydroxylation sites is 2. The van der Waals surface area contributed by atoms with Gasteiger partial charge in [-0.3, -0.25) is 56.4 Å². The molecule has 2 atom stereocenters. The summed E-state index contributed by atoms with van der Waals surface area (Å²) >= 11 is 4.08. The molecule has 0 bridgehead atoms. The van der Waals surface area contributed by atoms with Gasteiger partial charge >= 0.3 is 71.6 Å². The number of carbonyl (C=O) groups is 13. The summed E-state index contributed by atoms with van der Waals surface area (Å²) in [6.45, 7) is 5.21. The van der Waals surface area contributed by atoms with E-state index in [2.05, 4.69) is 11.1 Å². The van der Waals surface area contributed by atoms with Gasteiger partial charge in [-0.25, -0.2) is 18.0 Å². The van der Waals surface area contributed by atoms with Crippen LogP contribution in [-0.4, -0.2) is 244 Å². The normalized spacial score (nSPS) is 9.92. The Balaban J connectivity index is -0.000000375. The molecule has 15 N–H and O–H groups in total. The van der Waals surface area contributed by atoms with Crippen LogP contribution in [-0.2, 0) is 84.2 Å². The van der Waals surface area contributed by atoms with E-state index in [4.69, 9.17) is 61.3 Å². The molecule has 111 heavy (non-hydrogen) atoms. The monoisotopic (exact) mass is 1680 g/mol. The highest BCUT2D eigenvalue weighted by atomic mass is 32.2. The number of aldehydes is 1. The molecule has 0 radical (unpaired) electrons. The predicted molar refractivity (Wildman–Crippen MR) is 427 cm³/mol. The Morgan fingerprint density at radius 2 is 0.910 bits per heavy atom. The van der Waals surface area contributed by atoms with Crippen molar-refractivity contribution >= 4 is 164 Å². The number of rotatable bonds is 27. The molecular formula is C72H90N3O29PS6. The minimum absolute atomic E-state index is 0.0393. The van der Waals surface area contributed by atoms with E-state index in [1.807, 2.05) is 117 Å². The van der Waals surface area contributed by atoms with Crippen molar-refractivity contribution < 1.29 is 140 Å². The zero-order valence-electron chi connectivity index (χ0n) is 60.9. The Bertz CT molecular complexity index is 3940. The Labute approximate surface area is 659 Å². The Morgan fingerprint density at radius 3 is 1.18 bits per heavy atom. The van der Waals surface area contributed by atoms with Crippen molar-refractivity contribution in [3.8, 4) is 0 Å². The van der Waals surface area contributed by atoms with E-state index in [1.165, 1.54) is 59.7 Å². The van der Waals surface area contributed by atoms with Crippen LogP contribution >= 0.6 is 43.2 Å². The number of sulfone groups is 1.